The largest absolute Gasteiger partial charge is 0.358 e. The topological polar surface area (TPSA) is 91.1 Å². The highest BCUT2D eigenvalue weighted by atomic mass is 32.2. The molecule has 6 nitrogen and oxygen atoms in total. The molecule has 1 amide bonds. The van der Waals surface area contributed by atoms with Crippen molar-refractivity contribution < 1.29 is 13.2 Å². The van der Waals surface area contributed by atoms with Crippen LogP contribution < -0.4 is 10.0 Å². The third kappa shape index (κ3) is 4.52. The van der Waals surface area contributed by atoms with Gasteiger partial charge in [-0.25, -0.2) is 13.1 Å². The maximum absolute atomic E-state index is 13.0. The second-order valence-electron chi connectivity index (χ2n) is 8.76. The Hall–Kier alpha value is -2.64. The van der Waals surface area contributed by atoms with Gasteiger partial charge < -0.3 is 10.3 Å². The fraction of sp³-hybridized carbons (Fsp3) is 0.375. The van der Waals surface area contributed by atoms with E-state index in [4.69, 9.17) is 0 Å². The number of carbonyl (C=O) groups is 1. The van der Waals surface area contributed by atoms with Crippen LogP contribution >= 0.6 is 0 Å². The lowest BCUT2D eigenvalue weighted by Crippen LogP contribution is -2.30. The van der Waals surface area contributed by atoms with Gasteiger partial charge in [0.05, 0.1) is 16.0 Å². The number of carbonyl (C=O) groups excluding carboxylic acids is 1. The van der Waals surface area contributed by atoms with Crippen LogP contribution in [-0.4, -0.2) is 25.4 Å². The molecule has 0 saturated carbocycles. The molecule has 0 fully saturated rings. The Morgan fingerprint density at radius 1 is 1.19 bits per heavy atom. The first kappa shape index (κ1) is 21.6. The molecule has 1 atom stereocenters. The Kier molecular flexibility index (Phi) is 5.90. The zero-order chi connectivity index (χ0) is 22.2. The Labute approximate surface area is 183 Å². The van der Waals surface area contributed by atoms with Gasteiger partial charge in [0.1, 0.15) is 0 Å². The monoisotopic (exact) mass is 439 g/mol. The molecule has 3 N–H and O–H groups in total. The number of amides is 1. The lowest BCUT2D eigenvalue weighted by molar-refractivity contribution is 0.0952. The van der Waals surface area contributed by atoms with E-state index in [0.717, 1.165) is 35.7 Å². The molecule has 2 aromatic carbocycles. The quantitative estimate of drug-likeness (QED) is 0.544. The van der Waals surface area contributed by atoms with E-state index in [1.165, 1.54) is 11.3 Å². The van der Waals surface area contributed by atoms with Gasteiger partial charge in [-0.3, -0.25) is 4.79 Å². The zero-order valence-corrected chi connectivity index (χ0v) is 19.0. The number of H-pyrrole nitrogens is 1. The normalized spacial score (nSPS) is 16.5. The van der Waals surface area contributed by atoms with Crippen molar-refractivity contribution in [1.29, 1.82) is 0 Å². The van der Waals surface area contributed by atoms with Gasteiger partial charge in [-0.15, -0.1) is 0 Å². The number of hydrogen-bond donors (Lipinski definition) is 3. The lowest BCUT2D eigenvalue weighted by Gasteiger charge is -2.17. The average molecular weight is 440 g/mol. The van der Waals surface area contributed by atoms with E-state index in [1.54, 1.807) is 32.0 Å². The van der Waals surface area contributed by atoms with Gasteiger partial charge >= 0.3 is 0 Å². The lowest BCUT2D eigenvalue weighted by atomic mass is 9.87. The number of benzene rings is 2. The Balaban J connectivity index is 1.54. The number of fused-ring (bicyclic) bond motifs is 3. The van der Waals surface area contributed by atoms with Gasteiger partial charge in [0.25, 0.3) is 5.91 Å². The second-order valence-corrected chi connectivity index (χ2v) is 10.5. The summed E-state index contributed by atoms with van der Waals surface area (Å²) < 4.78 is 27.4. The molecule has 0 aliphatic heterocycles. The molecule has 1 aliphatic carbocycles. The molecule has 0 spiro atoms. The first-order valence-electron chi connectivity index (χ1n) is 10.8. The van der Waals surface area contributed by atoms with Gasteiger partial charge in [0, 0.05) is 23.7 Å². The van der Waals surface area contributed by atoms with Crippen molar-refractivity contribution in [1.82, 2.24) is 15.0 Å². The molecule has 0 saturated heterocycles. The third-order valence-electron chi connectivity index (χ3n) is 5.77. The molecule has 7 heteroatoms. The number of sulfonamides is 1. The van der Waals surface area contributed by atoms with E-state index in [1.807, 2.05) is 18.2 Å². The SMILES string of the molecule is CC1CCc2[nH]c3c(C(=O)NCc4cccc(S(=O)(=O)NC(C)C)c4)cccc3c2C1. The highest BCUT2D eigenvalue weighted by Gasteiger charge is 2.22. The Morgan fingerprint density at radius 3 is 2.74 bits per heavy atom. The van der Waals surface area contributed by atoms with Crippen LogP contribution in [0.3, 0.4) is 0 Å². The number of rotatable bonds is 6. The van der Waals surface area contributed by atoms with Crippen molar-refractivity contribution in [2.45, 2.75) is 57.5 Å². The Bertz CT molecular complexity index is 1230. The summed E-state index contributed by atoms with van der Waals surface area (Å²) in [6.07, 6.45) is 3.20. The zero-order valence-electron chi connectivity index (χ0n) is 18.2. The molecular weight excluding hydrogens is 410 g/mol. The van der Waals surface area contributed by atoms with E-state index in [9.17, 15) is 13.2 Å². The third-order valence-corrected chi connectivity index (χ3v) is 7.42. The molecule has 1 aliphatic rings. The van der Waals surface area contributed by atoms with Crippen molar-refractivity contribution in [2.24, 2.45) is 5.92 Å². The maximum atomic E-state index is 13.0. The van der Waals surface area contributed by atoms with Gasteiger partial charge in [0.2, 0.25) is 10.0 Å². The molecule has 31 heavy (non-hydrogen) atoms. The summed E-state index contributed by atoms with van der Waals surface area (Å²) in [5.41, 5.74) is 4.80. The molecule has 164 valence electrons. The number of nitrogens with one attached hydrogen (secondary N) is 3. The van der Waals surface area contributed by atoms with Gasteiger partial charge in [-0.05, 0) is 68.4 Å². The van der Waals surface area contributed by atoms with Crippen LogP contribution in [0.5, 0.6) is 0 Å². The smallest absolute Gasteiger partial charge is 0.253 e. The molecule has 0 radical (unpaired) electrons. The van der Waals surface area contributed by atoms with Crippen LogP contribution in [-0.2, 0) is 29.4 Å². The van der Waals surface area contributed by atoms with E-state index in [0.29, 0.717) is 11.5 Å². The summed E-state index contributed by atoms with van der Waals surface area (Å²) in [4.78, 5) is 16.7. The van der Waals surface area contributed by atoms with Gasteiger partial charge in [0.15, 0.2) is 0 Å². The highest BCUT2D eigenvalue weighted by molar-refractivity contribution is 7.89. The summed E-state index contributed by atoms with van der Waals surface area (Å²) in [6.45, 7) is 6.07. The minimum atomic E-state index is -3.58. The van der Waals surface area contributed by atoms with E-state index in [-0.39, 0.29) is 23.4 Å². The summed E-state index contributed by atoms with van der Waals surface area (Å²) in [7, 11) is -3.58. The molecule has 4 rings (SSSR count). The number of para-hydroxylation sites is 1. The standard InChI is InChI=1S/C24H29N3O3S/c1-15(2)27-31(29,30)18-7-4-6-17(13-18)14-25-24(28)20-9-5-8-19-21-12-16(3)10-11-22(21)26-23(19)20/h4-9,13,15-16,26-27H,10-12,14H2,1-3H3,(H,25,28). The van der Waals surface area contributed by atoms with Crippen LogP contribution in [0.1, 0.15) is 54.4 Å². The van der Waals surface area contributed by atoms with E-state index in [2.05, 4.69) is 28.0 Å². The molecular formula is C24H29N3O3S. The molecule has 3 aromatic rings. The van der Waals surface area contributed by atoms with Crippen LogP contribution in [0, 0.1) is 5.92 Å². The number of aryl methyl sites for hydroxylation is 1. The van der Waals surface area contributed by atoms with Gasteiger partial charge in [-0.1, -0.05) is 31.2 Å². The first-order valence-corrected chi connectivity index (χ1v) is 12.2. The highest BCUT2D eigenvalue weighted by Crippen LogP contribution is 2.33. The second kappa shape index (κ2) is 8.48. The Morgan fingerprint density at radius 2 is 1.97 bits per heavy atom. The number of aromatic nitrogens is 1. The fourth-order valence-electron chi connectivity index (χ4n) is 4.28. The predicted molar refractivity (Wildman–Crippen MR) is 123 cm³/mol. The van der Waals surface area contributed by atoms with Crippen LogP contribution in [0.2, 0.25) is 0 Å². The van der Waals surface area contributed by atoms with Crippen LogP contribution in [0.4, 0.5) is 0 Å². The summed E-state index contributed by atoms with van der Waals surface area (Å²) in [6, 6.07) is 12.3. The minimum absolute atomic E-state index is 0.175. The van der Waals surface area contributed by atoms with Crippen LogP contribution in [0.25, 0.3) is 10.9 Å². The summed E-state index contributed by atoms with van der Waals surface area (Å²) in [5, 5.41) is 4.07. The molecule has 1 unspecified atom stereocenters. The maximum Gasteiger partial charge on any atom is 0.253 e. The van der Waals surface area contributed by atoms with Crippen LogP contribution in [0.15, 0.2) is 47.4 Å². The molecule has 1 aromatic heterocycles. The van der Waals surface area contributed by atoms with Gasteiger partial charge in [-0.2, -0.15) is 0 Å². The van der Waals surface area contributed by atoms with Crippen molar-refractivity contribution in [3.63, 3.8) is 0 Å². The number of aromatic amines is 1. The van der Waals surface area contributed by atoms with Crippen molar-refractivity contribution in [3.05, 3.63) is 64.8 Å². The van der Waals surface area contributed by atoms with Crippen molar-refractivity contribution >= 4 is 26.8 Å². The van der Waals surface area contributed by atoms with Crippen molar-refractivity contribution in [3.8, 4) is 0 Å². The molecule has 1 heterocycles. The summed E-state index contributed by atoms with van der Waals surface area (Å²) in [5.74, 6) is 0.475. The van der Waals surface area contributed by atoms with E-state index < -0.39 is 10.0 Å². The number of hydrogen-bond acceptors (Lipinski definition) is 3. The first-order chi connectivity index (χ1) is 14.7. The summed E-state index contributed by atoms with van der Waals surface area (Å²) >= 11 is 0. The fourth-order valence-corrected chi connectivity index (χ4v) is 5.60. The molecule has 0 bridgehead atoms. The van der Waals surface area contributed by atoms with Crippen molar-refractivity contribution in [2.75, 3.05) is 0 Å². The van der Waals surface area contributed by atoms with E-state index >= 15 is 0 Å². The average Bonchev–Trinajstić information content (AvgIpc) is 3.09. The minimum Gasteiger partial charge on any atom is -0.358 e. The predicted octanol–water partition coefficient (Wildman–Crippen LogP) is 3.91.